The molecule has 1 rings (SSSR count). The van der Waals surface area contributed by atoms with Crippen LogP contribution in [0.3, 0.4) is 0 Å². The van der Waals surface area contributed by atoms with Gasteiger partial charge in [-0.05, 0) is 18.1 Å². The van der Waals surface area contributed by atoms with Crippen LogP contribution in [0.4, 0.5) is 5.69 Å². The van der Waals surface area contributed by atoms with E-state index < -0.39 is 4.92 Å². The van der Waals surface area contributed by atoms with Crippen molar-refractivity contribution in [1.82, 2.24) is 0 Å². The summed E-state index contributed by atoms with van der Waals surface area (Å²) in [6, 6.07) is 4.55. The average Bonchev–Trinajstić information content (AvgIpc) is 2.17. The summed E-state index contributed by atoms with van der Waals surface area (Å²) in [5.41, 5.74) is 1.68. The fraction of sp³-hybridized carbons (Fsp3) is 0.300. The second-order valence-electron chi connectivity index (χ2n) is 3.22. The van der Waals surface area contributed by atoms with Gasteiger partial charge in [0.2, 0.25) is 0 Å². The largest absolute Gasteiger partial charge is 0.300 e. The van der Waals surface area contributed by atoms with Gasteiger partial charge in [-0.15, -0.1) is 0 Å². The quantitative estimate of drug-likeness (QED) is 0.481. The summed E-state index contributed by atoms with van der Waals surface area (Å²) in [6.45, 7) is 1.50. The minimum atomic E-state index is -0.441. The molecule has 1 aromatic rings. The number of alkyl halides is 1. The first-order chi connectivity index (χ1) is 7.04. The van der Waals surface area contributed by atoms with Crippen LogP contribution in [0.25, 0.3) is 0 Å². The maximum Gasteiger partial charge on any atom is 0.269 e. The summed E-state index contributed by atoms with van der Waals surface area (Å²) in [7, 11) is 0. The van der Waals surface area contributed by atoms with Crippen LogP contribution in [0, 0.1) is 10.1 Å². The average molecular weight is 272 g/mol. The number of halogens is 1. The molecular formula is C10H10BrNO3. The van der Waals surface area contributed by atoms with Gasteiger partial charge in [0.1, 0.15) is 5.78 Å². The number of non-ortho nitro benzene ring substituents is 1. The Hall–Kier alpha value is -1.23. The van der Waals surface area contributed by atoms with E-state index in [1.165, 1.54) is 19.1 Å². The van der Waals surface area contributed by atoms with Gasteiger partial charge in [0.25, 0.3) is 5.69 Å². The third-order valence-electron chi connectivity index (χ3n) is 1.98. The Morgan fingerprint density at radius 2 is 2.13 bits per heavy atom. The van der Waals surface area contributed by atoms with Crippen molar-refractivity contribution < 1.29 is 9.72 Å². The number of benzene rings is 1. The first kappa shape index (κ1) is 11.8. The van der Waals surface area contributed by atoms with Crippen LogP contribution < -0.4 is 0 Å². The molecule has 0 amide bonds. The number of hydrogen-bond donors (Lipinski definition) is 0. The molecule has 15 heavy (non-hydrogen) atoms. The van der Waals surface area contributed by atoms with Gasteiger partial charge in [0.15, 0.2) is 0 Å². The molecule has 1 aromatic carbocycles. The lowest BCUT2D eigenvalue weighted by molar-refractivity contribution is -0.384. The van der Waals surface area contributed by atoms with E-state index in [0.29, 0.717) is 11.8 Å². The van der Waals surface area contributed by atoms with Gasteiger partial charge in [0, 0.05) is 23.9 Å². The van der Waals surface area contributed by atoms with Crippen LogP contribution in [0.2, 0.25) is 0 Å². The Morgan fingerprint density at radius 3 is 2.60 bits per heavy atom. The SMILES string of the molecule is CC(=O)Cc1ccc([N+](=O)[O-])cc1CBr. The molecule has 0 N–H and O–H groups in total. The van der Waals surface area contributed by atoms with Gasteiger partial charge >= 0.3 is 0 Å². The van der Waals surface area contributed by atoms with Crippen molar-refractivity contribution in [2.75, 3.05) is 0 Å². The second-order valence-corrected chi connectivity index (χ2v) is 3.78. The van der Waals surface area contributed by atoms with Crippen molar-refractivity contribution in [3.8, 4) is 0 Å². The Bertz CT molecular complexity index is 404. The summed E-state index contributed by atoms with van der Waals surface area (Å²) in [5, 5.41) is 11.0. The molecule has 4 nitrogen and oxygen atoms in total. The highest BCUT2D eigenvalue weighted by atomic mass is 79.9. The zero-order valence-corrected chi connectivity index (χ0v) is 9.78. The van der Waals surface area contributed by atoms with E-state index in [1.54, 1.807) is 6.07 Å². The number of nitro benzene ring substituents is 1. The summed E-state index contributed by atoms with van der Waals surface area (Å²) < 4.78 is 0. The Balaban J connectivity index is 3.08. The van der Waals surface area contributed by atoms with Crippen molar-refractivity contribution in [2.45, 2.75) is 18.7 Å². The number of rotatable bonds is 4. The standard InChI is InChI=1S/C10H10BrNO3/c1-7(13)4-8-2-3-10(12(14)15)5-9(8)6-11/h2-3,5H,4,6H2,1H3. The molecule has 0 atom stereocenters. The predicted octanol–water partition coefficient (Wildman–Crippen LogP) is 2.62. The zero-order chi connectivity index (χ0) is 11.4. The molecule has 0 unspecified atom stereocenters. The Labute approximate surface area is 95.6 Å². The first-order valence-corrected chi connectivity index (χ1v) is 5.48. The minimum Gasteiger partial charge on any atom is -0.300 e. The molecule has 80 valence electrons. The van der Waals surface area contributed by atoms with E-state index in [-0.39, 0.29) is 11.5 Å². The molecule has 0 aromatic heterocycles. The fourth-order valence-corrected chi connectivity index (χ4v) is 1.81. The maximum absolute atomic E-state index is 11.0. The van der Waals surface area contributed by atoms with Crippen LogP contribution in [0.15, 0.2) is 18.2 Å². The normalized spacial score (nSPS) is 10.0. The number of hydrogen-bond acceptors (Lipinski definition) is 3. The van der Waals surface area contributed by atoms with Gasteiger partial charge in [-0.25, -0.2) is 0 Å². The first-order valence-electron chi connectivity index (χ1n) is 4.36. The van der Waals surface area contributed by atoms with Crippen molar-refractivity contribution in [3.63, 3.8) is 0 Å². The molecule has 0 fully saturated rings. The van der Waals surface area contributed by atoms with Crippen LogP contribution >= 0.6 is 15.9 Å². The van der Waals surface area contributed by atoms with Crippen molar-refractivity contribution >= 4 is 27.4 Å². The molecule has 0 spiro atoms. The van der Waals surface area contributed by atoms with Gasteiger partial charge < -0.3 is 0 Å². The van der Waals surface area contributed by atoms with Crippen molar-refractivity contribution in [2.24, 2.45) is 0 Å². The summed E-state index contributed by atoms with van der Waals surface area (Å²) in [5.74, 6) is 0.0473. The third kappa shape index (κ3) is 3.13. The monoisotopic (exact) mass is 271 g/mol. The van der Waals surface area contributed by atoms with Gasteiger partial charge in [-0.3, -0.25) is 14.9 Å². The molecule has 0 saturated heterocycles. The van der Waals surface area contributed by atoms with E-state index >= 15 is 0 Å². The molecule has 0 heterocycles. The fourth-order valence-electron chi connectivity index (χ4n) is 1.29. The highest BCUT2D eigenvalue weighted by Crippen LogP contribution is 2.20. The molecule has 5 heteroatoms. The van der Waals surface area contributed by atoms with Gasteiger partial charge in [-0.1, -0.05) is 22.0 Å². The number of nitro groups is 1. The van der Waals surface area contributed by atoms with E-state index in [0.717, 1.165) is 11.1 Å². The number of carbonyl (C=O) groups is 1. The van der Waals surface area contributed by atoms with Crippen molar-refractivity contribution in [3.05, 3.63) is 39.4 Å². The lowest BCUT2D eigenvalue weighted by Gasteiger charge is -2.04. The topological polar surface area (TPSA) is 60.2 Å². The van der Waals surface area contributed by atoms with Crippen LogP contribution in [-0.4, -0.2) is 10.7 Å². The summed E-state index contributed by atoms with van der Waals surface area (Å²) in [4.78, 5) is 21.0. The zero-order valence-electron chi connectivity index (χ0n) is 8.20. The van der Waals surface area contributed by atoms with Crippen molar-refractivity contribution in [1.29, 1.82) is 0 Å². The number of ketones is 1. The molecule has 0 aliphatic carbocycles. The third-order valence-corrected chi connectivity index (χ3v) is 2.59. The maximum atomic E-state index is 11.0. The highest BCUT2D eigenvalue weighted by molar-refractivity contribution is 9.08. The number of Topliss-reactive ketones (excluding diaryl/α,β-unsaturated/α-hetero) is 1. The van der Waals surface area contributed by atoms with E-state index in [4.69, 9.17) is 0 Å². The van der Waals surface area contributed by atoms with Gasteiger partial charge in [-0.2, -0.15) is 0 Å². The van der Waals surface area contributed by atoms with E-state index in [9.17, 15) is 14.9 Å². The van der Waals surface area contributed by atoms with Crippen LogP contribution in [0.5, 0.6) is 0 Å². The molecule has 0 aliphatic heterocycles. The highest BCUT2D eigenvalue weighted by Gasteiger charge is 2.10. The molecular weight excluding hydrogens is 262 g/mol. The smallest absolute Gasteiger partial charge is 0.269 e. The lowest BCUT2D eigenvalue weighted by atomic mass is 10.0. The number of carbonyl (C=O) groups excluding carboxylic acids is 1. The molecule has 0 radical (unpaired) electrons. The summed E-state index contributed by atoms with van der Waals surface area (Å²) in [6.07, 6.45) is 0.318. The van der Waals surface area contributed by atoms with Gasteiger partial charge in [0.05, 0.1) is 4.92 Å². The Kier molecular flexibility index (Phi) is 3.96. The predicted molar refractivity (Wildman–Crippen MR) is 60.1 cm³/mol. The van der Waals surface area contributed by atoms with E-state index in [2.05, 4.69) is 15.9 Å². The minimum absolute atomic E-state index is 0.0473. The molecule has 0 saturated carbocycles. The van der Waals surface area contributed by atoms with E-state index in [1.807, 2.05) is 0 Å². The Morgan fingerprint density at radius 1 is 1.47 bits per heavy atom. The molecule has 0 aliphatic rings. The van der Waals surface area contributed by atoms with Crippen LogP contribution in [0.1, 0.15) is 18.1 Å². The number of nitrogens with zero attached hydrogens (tertiary/aromatic N) is 1. The van der Waals surface area contributed by atoms with Crippen LogP contribution in [-0.2, 0) is 16.5 Å². The lowest BCUT2D eigenvalue weighted by Crippen LogP contribution is -2.01. The second kappa shape index (κ2) is 5.02. The molecule has 0 bridgehead atoms. The summed E-state index contributed by atoms with van der Waals surface area (Å²) >= 11 is 3.25.